The van der Waals surface area contributed by atoms with Crippen molar-refractivity contribution >= 4 is 0 Å². The summed E-state index contributed by atoms with van der Waals surface area (Å²) in [6, 6.07) is 2.53. The molecule has 0 spiro atoms. The van der Waals surface area contributed by atoms with Crippen LogP contribution in [0.25, 0.3) is 0 Å². The molecule has 1 atom stereocenters. The molecule has 1 heterocycles. The molecule has 20 heavy (non-hydrogen) atoms. The lowest BCUT2D eigenvalue weighted by molar-refractivity contribution is -0.0670. The lowest BCUT2D eigenvalue weighted by Crippen LogP contribution is -2.55. The normalized spacial score (nSPS) is 40.2. The smallest absolute Gasteiger partial charge is 0.0596 e. The van der Waals surface area contributed by atoms with Crippen molar-refractivity contribution in [3.8, 4) is 0 Å². The zero-order chi connectivity index (χ0) is 13.9. The standard InChI is InChI=1S/C17H27N3/c1-11-3-15(20(2)19-11)7-16(18)17-8-12-4-13(9-17)6-14(5-12)10-17/h3,12-14,16H,4-10,18H2,1-2H3. The maximum absolute atomic E-state index is 6.74. The van der Waals surface area contributed by atoms with E-state index < -0.39 is 0 Å². The quantitative estimate of drug-likeness (QED) is 0.920. The van der Waals surface area contributed by atoms with Crippen molar-refractivity contribution in [1.29, 1.82) is 0 Å². The monoisotopic (exact) mass is 273 g/mol. The van der Waals surface area contributed by atoms with E-state index in [9.17, 15) is 0 Å². The van der Waals surface area contributed by atoms with E-state index in [1.165, 1.54) is 44.2 Å². The Morgan fingerprint density at radius 1 is 1.25 bits per heavy atom. The molecule has 3 nitrogen and oxygen atoms in total. The lowest BCUT2D eigenvalue weighted by atomic mass is 9.47. The van der Waals surface area contributed by atoms with Crippen molar-refractivity contribution in [2.75, 3.05) is 0 Å². The van der Waals surface area contributed by atoms with Crippen molar-refractivity contribution in [1.82, 2.24) is 9.78 Å². The number of nitrogens with two attached hydrogens (primary N) is 1. The van der Waals surface area contributed by atoms with Gasteiger partial charge in [-0.05, 0) is 74.7 Å². The van der Waals surface area contributed by atoms with Crippen LogP contribution < -0.4 is 5.73 Å². The van der Waals surface area contributed by atoms with Gasteiger partial charge in [-0.15, -0.1) is 0 Å². The second-order valence-electron chi connectivity index (χ2n) is 7.99. The Labute approximate surface area is 121 Å². The molecule has 1 unspecified atom stereocenters. The van der Waals surface area contributed by atoms with Gasteiger partial charge >= 0.3 is 0 Å². The Hall–Kier alpha value is -0.830. The molecule has 0 aliphatic heterocycles. The molecule has 3 heteroatoms. The lowest BCUT2D eigenvalue weighted by Gasteiger charge is -2.59. The first-order valence-corrected chi connectivity index (χ1v) is 8.29. The number of hydrogen-bond donors (Lipinski definition) is 1. The summed E-state index contributed by atoms with van der Waals surface area (Å²) >= 11 is 0. The SMILES string of the molecule is Cc1cc(CC(N)C23CC4CC(CC(C4)C2)C3)n(C)n1. The first-order chi connectivity index (χ1) is 9.54. The molecule has 4 aliphatic carbocycles. The molecule has 0 saturated heterocycles. The highest BCUT2D eigenvalue weighted by molar-refractivity contribution is 5.13. The average Bonchev–Trinajstić information content (AvgIpc) is 2.66. The summed E-state index contributed by atoms with van der Waals surface area (Å²) in [6.45, 7) is 2.07. The van der Waals surface area contributed by atoms with Crippen molar-refractivity contribution in [2.24, 2.45) is 36.0 Å². The molecular formula is C17H27N3. The van der Waals surface area contributed by atoms with E-state index in [-0.39, 0.29) is 0 Å². The molecular weight excluding hydrogens is 246 g/mol. The first kappa shape index (κ1) is 12.9. The Balaban J connectivity index is 1.56. The highest BCUT2D eigenvalue weighted by Crippen LogP contribution is 2.61. The molecule has 0 radical (unpaired) electrons. The minimum atomic E-state index is 0.325. The third kappa shape index (κ3) is 1.93. The fraction of sp³-hybridized carbons (Fsp3) is 0.824. The molecule has 1 aromatic heterocycles. The molecule has 0 amide bonds. The van der Waals surface area contributed by atoms with Crippen molar-refractivity contribution in [3.63, 3.8) is 0 Å². The second-order valence-corrected chi connectivity index (χ2v) is 7.99. The minimum absolute atomic E-state index is 0.325. The highest BCUT2D eigenvalue weighted by Gasteiger charge is 2.53. The second kappa shape index (κ2) is 4.33. The molecule has 2 N–H and O–H groups in total. The predicted molar refractivity (Wildman–Crippen MR) is 80.2 cm³/mol. The van der Waals surface area contributed by atoms with Crippen LogP contribution >= 0.6 is 0 Å². The van der Waals surface area contributed by atoms with Gasteiger partial charge < -0.3 is 5.73 Å². The van der Waals surface area contributed by atoms with E-state index >= 15 is 0 Å². The van der Waals surface area contributed by atoms with Crippen LogP contribution in [0.5, 0.6) is 0 Å². The summed E-state index contributed by atoms with van der Waals surface area (Å²) in [7, 11) is 2.05. The van der Waals surface area contributed by atoms with Gasteiger partial charge in [-0.25, -0.2) is 0 Å². The summed E-state index contributed by atoms with van der Waals surface area (Å²) in [6.07, 6.45) is 9.69. The molecule has 110 valence electrons. The number of aryl methyl sites for hydroxylation is 2. The van der Waals surface area contributed by atoms with Gasteiger partial charge in [0, 0.05) is 25.2 Å². The van der Waals surface area contributed by atoms with Gasteiger partial charge in [-0.1, -0.05) is 0 Å². The van der Waals surface area contributed by atoms with E-state index in [0.717, 1.165) is 29.9 Å². The number of rotatable bonds is 3. The topological polar surface area (TPSA) is 43.8 Å². The zero-order valence-electron chi connectivity index (χ0n) is 12.8. The van der Waals surface area contributed by atoms with E-state index in [1.807, 2.05) is 4.68 Å². The van der Waals surface area contributed by atoms with Gasteiger partial charge in [0.05, 0.1) is 5.69 Å². The average molecular weight is 273 g/mol. The number of nitrogens with zero attached hydrogens (tertiary/aromatic N) is 2. The molecule has 4 saturated carbocycles. The number of hydrogen-bond acceptors (Lipinski definition) is 2. The van der Waals surface area contributed by atoms with E-state index in [4.69, 9.17) is 5.73 Å². The van der Waals surface area contributed by atoms with Gasteiger partial charge in [0.2, 0.25) is 0 Å². The zero-order valence-corrected chi connectivity index (χ0v) is 12.8. The van der Waals surface area contributed by atoms with Crippen LogP contribution in [-0.2, 0) is 13.5 Å². The largest absolute Gasteiger partial charge is 0.327 e. The van der Waals surface area contributed by atoms with Gasteiger partial charge in [-0.3, -0.25) is 4.68 Å². The molecule has 1 aromatic rings. The maximum Gasteiger partial charge on any atom is 0.0596 e. The van der Waals surface area contributed by atoms with Crippen LogP contribution in [-0.4, -0.2) is 15.8 Å². The van der Waals surface area contributed by atoms with Gasteiger partial charge in [0.25, 0.3) is 0 Å². The summed E-state index contributed by atoms with van der Waals surface area (Å²) in [5.41, 5.74) is 9.62. The van der Waals surface area contributed by atoms with E-state index in [0.29, 0.717) is 11.5 Å². The Kier molecular flexibility index (Phi) is 2.79. The van der Waals surface area contributed by atoms with E-state index in [1.54, 1.807) is 0 Å². The molecule has 4 fully saturated rings. The van der Waals surface area contributed by atoms with Crippen LogP contribution in [0.4, 0.5) is 0 Å². The van der Waals surface area contributed by atoms with Crippen LogP contribution in [0.2, 0.25) is 0 Å². The molecule has 5 rings (SSSR count). The van der Waals surface area contributed by atoms with Gasteiger partial charge in [0.1, 0.15) is 0 Å². The molecule has 0 aromatic carbocycles. The van der Waals surface area contributed by atoms with Crippen molar-refractivity contribution in [3.05, 3.63) is 17.5 Å². The third-order valence-corrected chi connectivity index (χ3v) is 6.40. The van der Waals surface area contributed by atoms with Gasteiger partial charge in [0.15, 0.2) is 0 Å². The Morgan fingerprint density at radius 2 is 1.80 bits per heavy atom. The van der Waals surface area contributed by atoms with Crippen LogP contribution in [0.1, 0.15) is 49.9 Å². The fourth-order valence-electron chi connectivity index (χ4n) is 5.93. The predicted octanol–water partition coefficient (Wildman–Crippen LogP) is 2.81. The van der Waals surface area contributed by atoms with Gasteiger partial charge in [-0.2, -0.15) is 5.10 Å². The van der Waals surface area contributed by atoms with Crippen molar-refractivity contribution in [2.45, 2.75) is 57.9 Å². The summed E-state index contributed by atoms with van der Waals surface area (Å²) in [5.74, 6) is 2.96. The Bertz CT molecular complexity index is 481. The Morgan fingerprint density at radius 3 is 2.25 bits per heavy atom. The van der Waals surface area contributed by atoms with Crippen LogP contribution in [0.3, 0.4) is 0 Å². The number of aromatic nitrogens is 2. The first-order valence-electron chi connectivity index (χ1n) is 8.29. The fourth-order valence-corrected chi connectivity index (χ4v) is 5.93. The third-order valence-electron chi connectivity index (χ3n) is 6.40. The highest BCUT2D eigenvalue weighted by atomic mass is 15.3. The van der Waals surface area contributed by atoms with E-state index in [2.05, 4.69) is 25.1 Å². The summed E-state index contributed by atoms with van der Waals surface area (Å²) in [5, 5.41) is 4.47. The minimum Gasteiger partial charge on any atom is -0.327 e. The molecule has 4 aliphatic rings. The molecule has 4 bridgehead atoms. The van der Waals surface area contributed by atoms with Crippen LogP contribution in [0.15, 0.2) is 6.07 Å². The van der Waals surface area contributed by atoms with Crippen LogP contribution in [0, 0.1) is 30.1 Å². The maximum atomic E-state index is 6.74. The van der Waals surface area contributed by atoms with Crippen molar-refractivity contribution < 1.29 is 0 Å². The summed E-state index contributed by atoms with van der Waals surface area (Å²) in [4.78, 5) is 0. The summed E-state index contributed by atoms with van der Waals surface area (Å²) < 4.78 is 2.02.